The highest BCUT2D eigenvalue weighted by molar-refractivity contribution is 7.99. The second kappa shape index (κ2) is 10.9. The van der Waals surface area contributed by atoms with Gasteiger partial charge in [-0.3, -0.25) is 4.79 Å². The van der Waals surface area contributed by atoms with Crippen LogP contribution in [0.25, 0.3) is 22.5 Å². The van der Waals surface area contributed by atoms with Crippen LogP contribution < -0.4 is 0 Å². The van der Waals surface area contributed by atoms with Gasteiger partial charge in [-0.15, -0.1) is 0 Å². The molecule has 0 unspecified atom stereocenters. The lowest BCUT2D eigenvalue weighted by Gasteiger charge is -2.16. The molecule has 4 nitrogen and oxygen atoms in total. The smallest absolute Gasteiger partial charge is 0.222 e. The van der Waals surface area contributed by atoms with E-state index in [0.717, 1.165) is 60.9 Å². The normalized spacial score (nSPS) is 13.8. The third-order valence-corrected chi connectivity index (χ3v) is 7.00. The third-order valence-electron chi connectivity index (χ3n) is 5.96. The summed E-state index contributed by atoms with van der Waals surface area (Å²) in [5.74, 6) is 1.30. The van der Waals surface area contributed by atoms with E-state index in [1.165, 1.54) is 11.3 Å². The van der Waals surface area contributed by atoms with Crippen LogP contribution in [0, 0.1) is 0 Å². The van der Waals surface area contributed by atoms with Gasteiger partial charge in [0.05, 0.1) is 11.4 Å². The van der Waals surface area contributed by atoms with Crippen LogP contribution in [0.4, 0.5) is 0 Å². The number of unbranched alkanes of at least 4 members (excludes halogenated alkanes) is 1. The Morgan fingerprint density at radius 1 is 0.938 bits per heavy atom. The molecule has 1 aliphatic heterocycles. The Morgan fingerprint density at radius 3 is 2.19 bits per heavy atom. The first-order valence-corrected chi connectivity index (χ1v) is 12.8. The minimum Gasteiger partial charge on any atom is -0.343 e. The number of aromatic nitrogens is 2. The number of nitrogens with zero attached hydrogens (tertiary/aromatic N) is 3. The summed E-state index contributed by atoms with van der Waals surface area (Å²) in [6, 6.07) is 21.3. The summed E-state index contributed by atoms with van der Waals surface area (Å²) >= 11 is 1.81. The van der Waals surface area contributed by atoms with Crippen LogP contribution in [0.15, 0.2) is 65.8 Å². The molecule has 0 spiro atoms. The quantitative estimate of drug-likeness (QED) is 0.271. The van der Waals surface area contributed by atoms with Gasteiger partial charge in [0, 0.05) is 42.4 Å². The SMILES string of the molecule is CC(C)n1c(SCCCCC(=O)N2CCCC2)nc(-c2ccccc2)c1-c1ccccc1. The lowest BCUT2D eigenvalue weighted by atomic mass is 10.0. The summed E-state index contributed by atoms with van der Waals surface area (Å²) in [7, 11) is 0. The fraction of sp³-hybridized carbons (Fsp3) is 0.407. The second-order valence-corrected chi connectivity index (χ2v) is 9.74. The number of carbonyl (C=O) groups is 1. The summed E-state index contributed by atoms with van der Waals surface area (Å²) in [5, 5.41) is 1.06. The van der Waals surface area contributed by atoms with Crippen LogP contribution in [0.2, 0.25) is 0 Å². The Bertz CT molecular complexity index is 1010. The molecule has 1 amide bonds. The van der Waals surface area contributed by atoms with Crippen molar-refractivity contribution in [1.29, 1.82) is 0 Å². The zero-order valence-electron chi connectivity index (χ0n) is 19.2. The van der Waals surface area contributed by atoms with E-state index in [9.17, 15) is 4.79 Å². The van der Waals surface area contributed by atoms with Crippen LogP contribution in [0.3, 0.4) is 0 Å². The molecule has 5 heteroatoms. The number of thioether (sulfide) groups is 1. The van der Waals surface area contributed by atoms with Crippen molar-refractivity contribution >= 4 is 17.7 Å². The molecule has 0 bridgehead atoms. The second-order valence-electron chi connectivity index (χ2n) is 8.68. The number of hydrogen-bond acceptors (Lipinski definition) is 3. The lowest BCUT2D eigenvalue weighted by Crippen LogP contribution is -2.27. The maximum absolute atomic E-state index is 12.3. The van der Waals surface area contributed by atoms with E-state index in [4.69, 9.17) is 4.98 Å². The van der Waals surface area contributed by atoms with Crippen molar-refractivity contribution in [2.45, 2.75) is 57.1 Å². The van der Waals surface area contributed by atoms with Crippen LogP contribution >= 0.6 is 11.8 Å². The molecule has 0 saturated carbocycles. The third kappa shape index (κ3) is 5.26. The Balaban J connectivity index is 1.51. The first kappa shape index (κ1) is 22.7. The summed E-state index contributed by atoms with van der Waals surface area (Å²) in [4.78, 5) is 19.4. The number of carbonyl (C=O) groups excluding carboxylic acids is 1. The maximum Gasteiger partial charge on any atom is 0.222 e. The first-order valence-electron chi connectivity index (χ1n) is 11.8. The van der Waals surface area contributed by atoms with E-state index in [1.807, 2.05) is 22.7 Å². The molecule has 1 fully saturated rings. The van der Waals surface area contributed by atoms with Crippen molar-refractivity contribution in [3.8, 4) is 22.5 Å². The summed E-state index contributed by atoms with van der Waals surface area (Å²) in [6.07, 6.45) is 4.96. The van der Waals surface area contributed by atoms with E-state index < -0.39 is 0 Å². The molecule has 0 N–H and O–H groups in total. The van der Waals surface area contributed by atoms with Gasteiger partial charge in [-0.1, -0.05) is 72.4 Å². The Kier molecular flexibility index (Phi) is 7.69. The van der Waals surface area contributed by atoms with Gasteiger partial charge in [-0.25, -0.2) is 4.98 Å². The highest BCUT2D eigenvalue weighted by atomic mass is 32.2. The van der Waals surface area contributed by atoms with E-state index in [1.54, 1.807) is 0 Å². The van der Waals surface area contributed by atoms with Gasteiger partial charge in [0.25, 0.3) is 0 Å². The van der Waals surface area contributed by atoms with Crippen LogP contribution in [-0.4, -0.2) is 39.2 Å². The van der Waals surface area contributed by atoms with E-state index >= 15 is 0 Å². The van der Waals surface area contributed by atoms with Crippen LogP contribution in [0.5, 0.6) is 0 Å². The molecule has 1 aliphatic rings. The Hall–Kier alpha value is -2.53. The molecule has 3 aromatic rings. The zero-order chi connectivity index (χ0) is 22.3. The Labute approximate surface area is 196 Å². The number of likely N-dealkylation sites (tertiary alicyclic amines) is 1. The first-order chi connectivity index (χ1) is 15.6. The molecule has 1 aromatic heterocycles. The fourth-order valence-corrected chi connectivity index (χ4v) is 5.46. The van der Waals surface area contributed by atoms with E-state index in [0.29, 0.717) is 18.4 Å². The summed E-state index contributed by atoms with van der Waals surface area (Å²) in [6.45, 7) is 6.34. The summed E-state index contributed by atoms with van der Waals surface area (Å²) in [5.41, 5.74) is 4.55. The van der Waals surface area contributed by atoms with Crippen molar-refractivity contribution in [2.75, 3.05) is 18.8 Å². The fourth-order valence-electron chi connectivity index (χ4n) is 4.33. The van der Waals surface area contributed by atoms with Gasteiger partial charge in [0.15, 0.2) is 5.16 Å². The summed E-state index contributed by atoms with van der Waals surface area (Å²) < 4.78 is 2.37. The highest BCUT2D eigenvalue weighted by Gasteiger charge is 2.22. The molecule has 2 heterocycles. The van der Waals surface area contributed by atoms with Crippen molar-refractivity contribution in [3.05, 3.63) is 60.7 Å². The number of hydrogen-bond donors (Lipinski definition) is 0. The number of amides is 1. The molecule has 1 saturated heterocycles. The van der Waals surface area contributed by atoms with Gasteiger partial charge >= 0.3 is 0 Å². The monoisotopic (exact) mass is 447 g/mol. The highest BCUT2D eigenvalue weighted by Crippen LogP contribution is 2.38. The molecule has 168 valence electrons. The molecule has 2 aromatic carbocycles. The van der Waals surface area contributed by atoms with Crippen molar-refractivity contribution < 1.29 is 4.79 Å². The number of imidazole rings is 1. The average Bonchev–Trinajstić information content (AvgIpc) is 3.48. The van der Waals surface area contributed by atoms with Gasteiger partial charge in [0.2, 0.25) is 5.91 Å². The topological polar surface area (TPSA) is 38.1 Å². The van der Waals surface area contributed by atoms with Gasteiger partial charge < -0.3 is 9.47 Å². The molecular weight excluding hydrogens is 414 g/mol. The van der Waals surface area contributed by atoms with Crippen LogP contribution in [0.1, 0.15) is 52.0 Å². The van der Waals surface area contributed by atoms with E-state index in [2.05, 4.69) is 73.0 Å². The Morgan fingerprint density at radius 2 is 1.56 bits per heavy atom. The predicted molar refractivity (Wildman–Crippen MR) is 134 cm³/mol. The van der Waals surface area contributed by atoms with Gasteiger partial charge in [0.1, 0.15) is 0 Å². The number of rotatable bonds is 9. The molecule has 32 heavy (non-hydrogen) atoms. The minimum atomic E-state index is 0.300. The maximum atomic E-state index is 12.3. The lowest BCUT2D eigenvalue weighted by molar-refractivity contribution is -0.130. The predicted octanol–water partition coefficient (Wildman–Crippen LogP) is 6.68. The zero-order valence-corrected chi connectivity index (χ0v) is 20.0. The van der Waals surface area contributed by atoms with E-state index in [-0.39, 0.29) is 0 Å². The minimum absolute atomic E-state index is 0.300. The van der Waals surface area contributed by atoms with Gasteiger partial charge in [-0.2, -0.15) is 0 Å². The molecular formula is C27H33N3OS. The van der Waals surface area contributed by atoms with Crippen molar-refractivity contribution in [2.24, 2.45) is 0 Å². The molecule has 0 radical (unpaired) electrons. The largest absolute Gasteiger partial charge is 0.343 e. The van der Waals surface area contributed by atoms with Crippen LogP contribution in [-0.2, 0) is 4.79 Å². The molecule has 0 atom stereocenters. The molecule has 0 aliphatic carbocycles. The number of benzene rings is 2. The van der Waals surface area contributed by atoms with Gasteiger partial charge in [-0.05, 0) is 39.5 Å². The van der Waals surface area contributed by atoms with Crippen molar-refractivity contribution in [3.63, 3.8) is 0 Å². The van der Waals surface area contributed by atoms with Crippen molar-refractivity contribution in [1.82, 2.24) is 14.5 Å². The standard InChI is InChI=1S/C27H33N3OS/c1-21(2)30-26(23-15-7-4-8-16-23)25(22-13-5-3-6-14-22)28-27(30)32-20-12-9-17-24(31)29-18-10-11-19-29/h3-8,13-16,21H,9-12,17-20H2,1-2H3. The molecule has 4 rings (SSSR count). The average molecular weight is 448 g/mol.